The third kappa shape index (κ3) is 8.11. The van der Waals surface area contributed by atoms with E-state index in [1.165, 1.54) is 29.2 Å². The van der Waals surface area contributed by atoms with Gasteiger partial charge in [-0.1, -0.05) is 66.2 Å². The van der Waals surface area contributed by atoms with Gasteiger partial charge < -0.3 is 10.2 Å². The van der Waals surface area contributed by atoms with Crippen molar-refractivity contribution in [1.82, 2.24) is 10.2 Å². The minimum absolute atomic E-state index is 0.0288. The minimum Gasteiger partial charge on any atom is -0.355 e. The second-order valence-electron chi connectivity index (χ2n) is 10.9. The van der Waals surface area contributed by atoms with Crippen molar-refractivity contribution in [1.29, 1.82) is 0 Å². The number of likely N-dealkylation sites (N-methyl/N-ethyl adjacent to an activating group) is 1. The lowest BCUT2D eigenvalue weighted by Gasteiger charge is -2.34. The number of nitrogens with zero attached hydrogens (tertiary/aromatic N) is 2. The molecule has 0 aliphatic heterocycles. The topological polar surface area (TPSA) is 86.8 Å². The van der Waals surface area contributed by atoms with Crippen LogP contribution in [0.4, 0.5) is 10.1 Å². The Hall–Kier alpha value is -4.50. The van der Waals surface area contributed by atoms with Gasteiger partial charge in [0.1, 0.15) is 18.4 Å². The van der Waals surface area contributed by atoms with Gasteiger partial charge in [0, 0.05) is 19.5 Å². The lowest BCUT2D eigenvalue weighted by Crippen LogP contribution is -2.53. The average molecular weight is 616 g/mol. The van der Waals surface area contributed by atoms with Crippen LogP contribution in [-0.2, 0) is 32.6 Å². The van der Waals surface area contributed by atoms with E-state index in [0.29, 0.717) is 17.8 Å². The Balaban J connectivity index is 1.81. The highest BCUT2D eigenvalue weighted by atomic mass is 32.2. The van der Waals surface area contributed by atoms with Crippen LogP contribution in [0.25, 0.3) is 0 Å². The first-order valence-corrected chi connectivity index (χ1v) is 15.9. The molecule has 4 rings (SSSR count). The van der Waals surface area contributed by atoms with Crippen LogP contribution in [0.1, 0.15) is 34.7 Å². The van der Waals surface area contributed by atoms with E-state index < -0.39 is 34.3 Å². The summed E-state index contributed by atoms with van der Waals surface area (Å²) in [5.74, 6) is -1.37. The molecule has 9 heteroatoms. The molecule has 4 aromatic carbocycles. The van der Waals surface area contributed by atoms with Crippen molar-refractivity contribution in [2.75, 3.05) is 17.4 Å². The molecule has 7 nitrogen and oxygen atoms in total. The number of hydrogen-bond acceptors (Lipinski definition) is 4. The van der Waals surface area contributed by atoms with Crippen molar-refractivity contribution in [2.45, 2.75) is 51.6 Å². The van der Waals surface area contributed by atoms with Crippen LogP contribution in [0.2, 0.25) is 0 Å². The number of benzene rings is 4. The molecule has 0 spiro atoms. The number of sulfonamides is 1. The molecule has 0 bridgehead atoms. The molecule has 1 N–H and O–H groups in total. The first kappa shape index (κ1) is 32.4. The maximum absolute atomic E-state index is 14.4. The molecule has 0 unspecified atom stereocenters. The summed E-state index contributed by atoms with van der Waals surface area (Å²) in [4.78, 5) is 29.4. The Morgan fingerprint density at radius 1 is 0.795 bits per heavy atom. The molecule has 4 aromatic rings. The number of hydrogen-bond donors (Lipinski definition) is 1. The summed E-state index contributed by atoms with van der Waals surface area (Å²) in [7, 11) is -4.19. The van der Waals surface area contributed by atoms with Crippen LogP contribution in [0.5, 0.6) is 0 Å². The highest BCUT2D eigenvalue weighted by Crippen LogP contribution is 2.27. The Kier molecular flexibility index (Phi) is 10.5. The van der Waals surface area contributed by atoms with Gasteiger partial charge in [0.15, 0.2) is 0 Å². The molecule has 0 aliphatic carbocycles. The fourth-order valence-electron chi connectivity index (χ4n) is 5.09. The zero-order valence-corrected chi connectivity index (χ0v) is 26.3. The summed E-state index contributed by atoms with van der Waals surface area (Å²) >= 11 is 0. The van der Waals surface area contributed by atoms with Crippen molar-refractivity contribution in [2.24, 2.45) is 0 Å². The third-order valence-electron chi connectivity index (χ3n) is 7.27. The number of anilines is 1. The van der Waals surface area contributed by atoms with Gasteiger partial charge >= 0.3 is 0 Å². The largest absolute Gasteiger partial charge is 0.355 e. The zero-order valence-electron chi connectivity index (χ0n) is 25.5. The summed E-state index contributed by atoms with van der Waals surface area (Å²) in [6.45, 7) is 7.15. The molecular weight excluding hydrogens is 577 g/mol. The second-order valence-corrected chi connectivity index (χ2v) is 12.8. The number of amides is 2. The molecule has 0 aromatic heterocycles. The van der Waals surface area contributed by atoms with Crippen molar-refractivity contribution in [3.05, 3.63) is 131 Å². The first-order chi connectivity index (χ1) is 21.0. The number of rotatable bonds is 12. The van der Waals surface area contributed by atoms with Gasteiger partial charge in [-0.25, -0.2) is 12.8 Å². The Morgan fingerprint density at radius 3 is 2.00 bits per heavy atom. The van der Waals surface area contributed by atoms with Crippen LogP contribution in [0.3, 0.4) is 0 Å². The van der Waals surface area contributed by atoms with E-state index in [9.17, 15) is 22.4 Å². The van der Waals surface area contributed by atoms with E-state index in [1.54, 1.807) is 43.3 Å². The number of halogens is 1. The van der Waals surface area contributed by atoms with Gasteiger partial charge in [0.25, 0.3) is 10.0 Å². The highest BCUT2D eigenvalue weighted by Gasteiger charge is 2.34. The molecule has 1 atom stereocenters. The van der Waals surface area contributed by atoms with Gasteiger partial charge in [0.2, 0.25) is 11.8 Å². The zero-order chi connectivity index (χ0) is 31.9. The van der Waals surface area contributed by atoms with Crippen LogP contribution in [0, 0.1) is 26.6 Å². The summed E-state index contributed by atoms with van der Waals surface area (Å²) < 4.78 is 43.2. The molecule has 0 radical (unpaired) electrons. The minimum atomic E-state index is -4.19. The van der Waals surface area contributed by atoms with Gasteiger partial charge in [-0.15, -0.1) is 0 Å². The maximum Gasteiger partial charge on any atom is 0.264 e. The lowest BCUT2D eigenvalue weighted by atomic mass is 10.0. The van der Waals surface area contributed by atoms with Crippen molar-refractivity contribution in [3.8, 4) is 0 Å². The molecular formula is C35H38FN3O4S. The second kappa shape index (κ2) is 14.3. The Bertz CT molecular complexity index is 1670. The molecule has 0 saturated carbocycles. The van der Waals surface area contributed by atoms with E-state index >= 15 is 0 Å². The van der Waals surface area contributed by atoms with Crippen LogP contribution >= 0.6 is 0 Å². The average Bonchev–Trinajstić information content (AvgIpc) is 2.98. The number of nitrogens with one attached hydrogen (secondary N) is 1. The standard InChI is InChI=1S/C35H38FN3O4S/c1-5-37-35(41)33(22-28-9-7-6-8-10-28)38(23-29-13-15-30(36)16-14-29)34(40)24-39(31-20-26(3)19-27(4)21-31)44(42,43)32-17-11-25(2)12-18-32/h6-21,33H,5,22-24H2,1-4H3,(H,37,41)/t33-/m0/s1. The highest BCUT2D eigenvalue weighted by molar-refractivity contribution is 7.92. The predicted molar refractivity (Wildman–Crippen MR) is 171 cm³/mol. The molecule has 0 heterocycles. The fourth-order valence-corrected chi connectivity index (χ4v) is 6.49. The van der Waals surface area contributed by atoms with E-state index in [4.69, 9.17) is 0 Å². The maximum atomic E-state index is 14.4. The van der Waals surface area contributed by atoms with E-state index in [0.717, 1.165) is 26.6 Å². The number of carbonyl (C=O) groups is 2. The Morgan fingerprint density at radius 2 is 1.41 bits per heavy atom. The van der Waals surface area contributed by atoms with E-state index in [-0.39, 0.29) is 23.8 Å². The molecule has 44 heavy (non-hydrogen) atoms. The fraction of sp³-hybridized carbons (Fsp3) is 0.257. The van der Waals surface area contributed by atoms with Crippen LogP contribution < -0.4 is 9.62 Å². The van der Waals surface area contributed by atoms with Crippen molar-refractivity contribution < 1.29 is 22.4 Å². The monoisotopic (exact) mass is 615 g/mol. The quantitative estimate of drug-likeness (QED) is 0.221. The summed E-state index contributed by atoms with van der Waals surface area (Å²) in [5, 5.41) is 2.83. The SMILES string of the molecule is CCNC(=O)[C@H](Cc1ccccc1)N(Cc1ccc(F)cc1)C(=O)CN(c1cc(C)cc(C)c1)S(=O)(=O)c1ccc(C)cc1. The number of carbonyl (C=O) groups excluding carboxylic acids is 2. The molecule has 230 valence electrons. The number of aryl methyl sites for hydroxylation is 3. The lowest BCUT2D eigenvalue weighted by molar-refractivity contribution is -0.140. The van der Waals surface area contributed by atoms with E-state index in [2.05, 4.69) is 5.32 Å². The normalized spacial score (nSPS) is 11.9. The summed E-state index contributed by atoms with van der Waals surface area (Å²) in [6.07, 6.45) is 0.202. The van der Waals surface area contributed by atoms with Gasteiger partial charge in [-0.05, 0) is 86.3 Å². The molecule has 2 amide bonds. The van der Waals surface area contributed by atoms with Crippen molar-refractivity contribution >= 4 is 27.5 Å². The molecule has 0 saturated heterocycles. The van der Waals surface area contributed by atoms with Gasteiger partial charge in [0.05, 0.1) is 10.6 Å². The Labute approximate surface area is 259 Å². The van der Waals surface area contributed by atoms with Crippen LogP contribution in [0.15, 0.2) is 102 Å². The smallest absolute Gasteiger partial charge is 0.264 e. The van der Waals surface area contributed by atoms with Gasteiger partial charge in [-0.2, -0.15) is 0 Å². The van der Waals surface area contributed by atoms with E-state index in [1.807, 2.05) is 57.2 Å². The predicted octanol–water partition coefficient (Wildman–Crippen LogP) is 5.72. The molecule has 0 fully saturated rings. The molecule has 0 aliphatic rings. The summed E-state index contributed by atoms with van der Waals surface area (Å²) in [6, 6.07) is 25.9. The first-order valence-electron chi connectivity index (χ1n) is 14.5. The van der Waals surface area contributed by atoms with Crippen LogP contribution in [-0.4, -0.2) is 44.3 Å². The van der Waals surface area contributed by atoms with Gasteiger partial charge in [-0.3, -0.25) is 13.9 Å². The third-order valence-corrected chi connectivity index (χ3v) is 9.06. The summed E-state index contributed by atoms with van der Waals surface area (Å²) in [5.41, 5.74) is 4.35. The van der Waals surface area contributed by atoms with Crippen molar-refractivity contribution in [3.63, 3.8) is 0 Å².